The zero-order valence-corrected chi connectivity index (χ0v) is 18.0. The number of nitrogens with zero attached hydrogens (tertiary/aromatic N) is 4. The molecule has 3 aromatic rings. The topological polar surface area (TPSA) is 84.7 Å². The molecule has 0 saturated heterocycles. The molecule has 3 rings (SSSR count). The van der Waals surface area contributed by atoms with Gasteiger partial charge in [-0.15, -0.1) is 11.3 Å². The van der Waals surface area contributed by atoms with Crippen LogP contribution in [-0.2, 0) is 28.4 Å². The number of sulfonamides is 1. The van der Waals surface area contributed by atoms with Gasteiger partial charge in [0.25, 0.3) is 15.9 Å². The second-order valence-electron chi connectivity index (χ2n) is 6.46. The molecule has 2 aromatic heterocycles. The molecule has 154 valence electrons. The number of aromatic nitrogens is 2. The first-order valence-corrected chi connectivity index (χ1v) is 11.1. The maximum atomic E-state index is 12.6. The monoisotopic (exact) mass is 434 g/mol. The van der Waals surface area contributed by atoms with E-state index >= 15 is 0 Å². The second kappa shape index (κ2) is 8.66. The van der Waals surface area contributed by atoms with Crippen molar-refractivity contribution in [2.24, 2.45) is 7.05 Å². The van der Waals surface area contributed by atoms with E-state index in [4.69, 9.17) is 4.74 Å². The number of rotatable bonds is 8. The first-order valence-electron chi connectivity index (χ1n) is 8.74. The van der Waals surface area contributed by atoms with Crippen molar-refractivity contribution in [1.29, 1.82) is 0 Å². The summed E-state index contributed by atoms with van der Waals surface area (Å²) in [7, 11) is 1.44. The number of thiophene rings is 1. The zero-order chi connectivity index (χ0) is 21.0. The molecule has 0 spiro atoms. The number of hydrogen-bond donors (Lipinski definition) is 0. The lowest BCUT2D eigenvalue weighted by Crippen LogP contribution is -2.30. The van der Waals surface area contributed by atoms with Gasteiger partial charge in [0.2, 0.25) is 0 Å². The van der Waals surface area contributed by atoms with Crippen molar-refractivity contribution < 1.29 is 17.9 Å². The molecule has 0 N–H and O–H groups in total. The summed E-state index contributed by atoms with van der Waals surface area (Å²) in [6.07, 6.45) is 3.56. The molecule has 8 nitrogen and oxygen atoms in total. The number of hydrogen-bond acceptors (Lipinski definition) is 6. The summed E-state index contributed by atoms with van der Waals surface area (Å²) in [6.45, 7) is 0.333. The van der Waals surface area contributed by atoms with Crippen molar-refractivity contribution in [3.63, 3.8) is 0 Å². The van der Waals surface area contributed by atoms with Gasteiger partial charge in [-0.1, -0.05) is 6.07 Å². The van der Waals surface area contributed by atoms with E-state index in [1.54, 1.807) is 64.6 Å². The number of aryl methyl sites for hydroxylation is 1. The molecule has 10 heteroatoms. The van der Waals surface area contributed by atoms with Crippen molar-refractivity contribution in [3.8, 4) is 5.75 Å². The second-order valence-corrected chi connectivity index (χ2v) is 9.60. The average molecular weight is 435 g/mol. The van der Waals surface area contributed by atoms with Crippen LogP contribution in [0, 0.1) is 0 Å². The molecular weight excluding hydrogens is 412 g/mol. The third-order valence-electron chi connectivity index (χ3n) is 4.28. The molecule has 0 radical (unpaired) electrons. The molecule has 1 amide bonds. The smallest absolute Gasteiger partial charge is 0.273 e. The zero-order valence-electron chi connectivity index (χ0n) is 16.3. The highest BCUT2D eigenvalue weighted by molar-refractivity contribution is 7.94. The third kappa shape index (κ3) is 4.96. The Bertz CT molecular complexity index is 1060. The first-order chi connectivity index (χ1) is 13.8. The number of ether oxygens (including phenoxy) is 1. The third-order valence-corrected chi connectivity index (χ3v) is 7.43. The lowest BCUT2D eigenvalue weighted by Gasteiger charge is -2.19. The predicted molar refractivity (Wildman–Crippen MR) is 112 cm³/mol. The number of anilines is 1. The van der Waals surface area contributed by atoms with E-state index in [0.717, 1.165) is 5.56 Å². The van der Waals surface area contributed by atoms with Gasteiger partial charge in [0.1, 0.15) is 9.96 Å². The van der Waals surface area contributed by atoms with Gasteiger partial charge in [-0.25, -0.2) is 8.42 Å². The Kier molecular flexibility index (Phi) is 6.23. The Morgan fingerprint density at radius 2 is 1.93 bits per heavy atom. The molecular formula is C19H22N4O4S2. The molecule has 29 heavy (non-hydrogen) atoms. The van der Waals surface area contributed by atoms with Crippen LogP contribution in [0.1, 0.15) is 5.56 Å². The Morgan fingerprint density at radius 1 is 1.21 bits per heavy atom. The highest BCUT2D eigenvalue weighted by atomic mass is 32.2. The maximum Gasteiger partial charge on any atom is 0.273 e. The Labute approximate surface area is 174 Å². The fraction of sp³-hybridized carbons (Fsp3) is 0.263. The van der Waals surface area contributed by atoms with Gasteiger partial charge in [0.15, 0.2) is 6.61 Å². The lowest BCUT2D eigenvalue weighted by atomic mass is 10.3. The standard InChI is InChI=1S/C19H22N4O4S2/c1-21(12-15-11-20-22(2)13-15)18(24)14-27-17-8-6-16(7-9-17)23(3)29(25,26)19-5-4-10-28-19/h4-11,13H,12,14H2,1-3H3. The van der Waals surface area contributed by atoms with E-state index in [0.29, 0.717) is 18.0 Å². The molecule has 0 bridgehead atoms. The molecule has 0 aliphatic carbocycles. The van der Waals surface area contributed by atoms with Crippen LogP contribution in [0.4, 0.5) is 5.69 Å². The molecule has 0 unspecified atom stereocenters. The van der Waals surface area contributed by atoms with Crippen molar-refractivity contribution in [1.82, 2.24) is 14.7 Å². The summed E-state index contributed by atoms with van der Waals surface area (Å²) in [5, 5.41) is 5.80. The highest BCUT2D eigenvalue weighted by Gasteiger charge is 2.22. The largest absolute Gasteiger partial charge is 0.484 e. The minimum Gasteiger partial charge on any atom is -0.484 e. The molecule has 0 fully saturated rings. The molecule has 1 aromatic carbocycles. The average Bonchev–Trinajstić information content (AvgIpc) is 3.38. The van der Waals surface area contributed by atoms with Crippen molar-refractivity contribution in [2.45, 2.75) is 10.8 Å². The molecule has 0 saturated carbocycles. The van der Waals surface area contributed by atoms with Crippen LogP contribution < -0.4 is 9.04 Å². The number of carbonyl (C=O) groups excluding carboxylic acids is 1. The number of benzene rings is 1. The van der Waals surface area contributed by atoms with Crippen LogP contribution >= 0.6 is 11.3 Å². The van der Waals surface area contributed by atoms with Gasteiger partial charge >= 0.3 is 0 Å². The molecule has 0 aliphatic heterocycles. The van der Waals surface area contributed by atoms with Crippen LogP contribution in [0.25, 0.3) is 0 Å². The van der Waals surface area contributed by atoms with Crippen molar-refractivity contribution in [2.75, 3.05) is 25.0 Å². The first kappa shape index (κ1) is 20.9. The summed E-state index contributed by atoms with van der Waals surface area (Å²) in [6, 6.07) is 9.84. The van der Waals surface area contributed by atoms with Crippen LogP contribution in [0.5, 0.6) is 5.75 Å². The maximum absolute atomic E-state index is 12.6. The number of likely N-dealkylation sites (N-methyl/N-ethyl adjacent to an activating group) is 1. The minimum absolute atomic E-state index is 0.112. The normalized spacial score (nSPS) is 11.3. The van der Waals surface area contributed by atoms with Gasteiger partial charge in [-0.05, 0) is 35.7 Å². The van der Waals surface area contributed by atoms with Gasteiger partial charge < -0.3 is 9.64 Å². The Hall–Kier alpha value is -2.85. The lowest BCUT2D eigenvalue weighted by molar-refractivity contribution is -0.132. The Balaban J connectivity index is 1.57. The predicted octanol–water partition coefficient (Wildman–Crippen LogP) is 2.34. The minimum atomic E-state index is -3.58. The van der Waals surface area contributed by atoms with Crippen LogP contribution in [0.3, 0.4) is 0 Å². The number of amides is 1. The van der Waals surface area contributed by atoms with Gasteiger partial charge in [-0.3, -0.25) is 13.8 Å². The number of carbonyl (C=O) groups is 1. The van der Waals surface area contributed by atoms with Gasteiger partial charge in [0, 0.05) is 39.4 Å². The Morgan fingerprint density at radius 3 is 2.52 bits per heavy atom. The fourth-order valence-corrected chi connectivity index (χ4v) is 4.96. The van der Waals surface area contributed by atoms with Crippen molar-refractivity contribution >= 4 is 33.0 Å². The molecule has 2 heterocycles. The highest BCUT2D eigenvalue weighted by Crippen LogP contribution is 2.26. The summed E-state index contributed by atoms with van der Waals surface area (Å²) in [5.41, 5.74) is 1.44. The van der Waals surface area contributed by atoms with E-state index in [1.165, 1.54) is 22.7 Å². The molecule has 0 aliphatic rings. The van der Waals surface area contributed by atoms with Crippen LogP contribution in [0.2, 0.25) is 0 Å². The van der Waals surface area contributed by atoms with Crippen LogP contribution in [0.15, 0.2) is 58.4 Å². The summed E-state index contributed by atoms with van der Waals surface area (Å²) in [5.74, 6) is 0.314. The molecule has 0 atom stereocenters. The van der Waals surface area contributed by atoms with Gasteiger partial charge in [0.05, 0.1) is 11.9 Å². The van der Waals surface area contributed by atoms with E-state index in [-0.39, 0.29) is 16.7 Å². The van der Waals surface area contributed by atoms with Gasteiger partial charge in [-0.2, -0.15) is 5.10 Å². The van der Waals surface area contributed by atoms with Crippen molar-refractivity contribution in [3.05, 3.63) is 59.7 Å². The van der Waals surface area contributed by atoms with E-state index < -0.39 is 10.0 Å². The van der Waals surface area contributed by atoms with E-state index in [1.807, 2.05) is 13.2 Å². The summed E-state index contributed by atoms with van der Waals surface area (Å²) < 4.78 is 33.9. The fourth-order valence-electron chi connectivity index (χ4n) is 2.61. The SMILES string of the molecule is CN(Cc1cnn(C)c1)C(=O)COc1ccc(N(C)S(=O)(=O)c2cccs2)cc1. The van der Waals surface area contributed by atoms with E-state index in [2.05, 4.69) is 5.10 Å². The van der Waals surface area contributed by atoms with E-state index in [9.17, 15) is 13.2 Å². The van der Waals surface area contributed by atoms with Crippen LogP contribution in [-0.4, -0.2) is 49.7 Å². The summed E-state index contributed by atoms with van der Waals surface area (Å²) in [4.78, 5) is 13.8. The quantitative estimate of drug-likeness (QED) is 0.543. The summed E-state index contributed by atoms with van der Waals surface area (Å²) >= 11 is 1.17.